The highest BCUT2D eigenvalue weighted by Crippen LogP contribution is 2.23. The number of aromatic nitrogens is 1. The molecule has 2 amide bonds. The number of nitrogens with zero attached hydrogens (tertiary/aromatic N) is 2. The fraction of sp³-hybridized carbons (Fsp3) is 0.318. The van der Waals surface area contributed by atoms with Crippen molar-refractivity contribution in [2.24, 2.45) is 5.73 Å². The summed E-state index contributed by atoms with van der Waals surface area (Å²) in [5.41, 5.74) is 8.55. The molecule has 3 aromatic rings. The fourth-order valence-corrected chi connectivity index (χ4v) is 3.77. The standard InChI is InChI=1S/C22H23N3O3/c23-21(26)18-9-5-13-25(18)22(27)16-11-12-19-17(14-16)24-20(28-19)10-4-8-15-6-2-1-3-7-15/h1-3,6-7,11-12,14,18H,4-5,8-10,13H2,(H2,23,26)/t18-/m0/s1. The molecule has 0 spiro atoms. The molecule has 28 heavy (non-hydrogen) atoms. The largest absolute Gasteiger partial charge is 0.441 e. The van der Waals surface area contributed by atoms with E-state index >= 15 is 0 Å². The number of primary amides is 1. The highest BCUT2D eigenvalue weighted by molar-refractivity contribution is 5.99. The molecule has 1 saturated heterocycles. The van der Waals surface area contributed by atoms with Gasteiger partial charge in [-0.3, -0.25) is 9.59 Å². The van der Waals surface area contributed by atoms with Crippen molar-refractivity contribution in [3.63, 3.8) is 0 Å². The lowest BCUT2D eigenvalue weighted by Gasteiger charge is -2.22. The van der Waals surface area contributed by atoms with E-state index in [1.54, 1.807) is 23.1 Å². The molecule has 2 heterocycles. The first kappa shape index (κ1) is 18.2. The number of hydrogen-bond acceptors (Lipinski definition) is 4. The molecule has 0 radical (unpaired) electrons. The van der Waals surface area contributed by atoms with Crippen molar-refractivity contribution in [2.45, 2.75) is 38.1 Å². The Kier molecular flexibility index (Phi) is 5.10. The van der Waals surface area contributed by atoms with Crippen molar-refractivity contribution in [1.29, 1.82) is 0 Å². The topological polar surface area (TPSA) is 89.4 Å². The summed E-state index contributed by atoms with van der Waals surface area (Å²) in [6.45, 7) is 0.550. The van der Waals surface area contributed by atoms with E-state index in [1.807, 2.05) is 18.2 Å². The number of rotatable bonds is 6. The first-order chi connectivity index (χ1) is 13.6. The van der Waals surface area contributed by atoms with Crippen LogP contribution in [0, 0.1) is 0 Å². The summed E-state index contributed by atoms with van der Waals surface area (Å²) in [6, 6.07) is 15.0. The van der Waals surface area contributed by atoms with E-state index in [4.69, 9.17) is 10.2 Å². The Hall–Kier alpha value is -3.15. The molecule has 6 heteroatoms. The summed E-state index contributed by atoms with van der Waals surface area (Å²) < 4.78 is 5.82. The van der Waals surface area contributed by atoms with Gasteiger partial charge in [0.1, 0.15) is 11.6 Å². The molecule has 1 aliphatic heterocycles. The van der Waals surface area contributed by atoms with E-state index in [-0.39, 0.29) is 5.91 Å². The third-order valence-electron chi connectivity index (χ3n) is 5.22. The Bertz CT molecular complexity index is 997. The molecular formula is C22H23N3O3. The second-order valence-electron chi connectivity index (χ2n) is 7.19. The third kappa shape index (κ3) is 3.76. The fourth-order valence-electron chi connectivity index (χ4n) is 3.77. The number of carbonyl (C=O) groups excluding carboxylic acids is 2. The van der Waals surface area contributed by atoms with Crippen LogP contribution in [0.1, 0.15) is 41.1 Å². The molecule has 1 aromatic heterocycles. The quantitative estimate of drug-likeness (QED) is 0.715. The molecule has 4 rings (SSSR count). The summed E-state index contributed by atoms with van der Waals surface area (Å²) in [5.74, 6) is 0.0395. The van der Waals surface area contributed by atoms with Gasteiger partial charge in [-0.25, -0.2) is 4.98 Å². The lowest BCUT2D eigenvalue weighted by Crippen LogP contribution is -2.43. The Balaban J connectivity index is 1.45. The molecule has 144 valence electrons. The Morgan fingerprint density at radius 1 is 1.14 bits per heavy atom. The molecule has 0 saturated carbocycles. The minimum Gasteiger partial charge on any atom is -0.441 e. The summed E-state index contributed by atoms with van der Waals surface area (Å²) in [6.07, 6.45) is 4.06. The first-order valence-corrected chi connectivity index (χ1v) is 9.65. The number of nitrogens with two attached hydrogens (primary N) is 1. The van der Waals surface area contributed by atoms with Gasteiger partial charge in [0.2, 0.25) is 5.91 Å². The first-order valence-electron chi connectivity index (χ1n) is 9.65. The van der Waals surface area contributed by atoms with Crippen molar-refractivity contribution >= 4 is 22.9 Å². The van der Waals surface area contributed by atoms with Crippen LogP contribution >= 0.6 is 0 Å². The molecule has 0 bridgehead atoms. The molecule has 0 unspecified atom stereocenters. The van der Waals surface area contributed by atoms with Gasteiger partial charge in [-0.1, -0.05) is 30.3 Å². The lowest BCUT2D eigenvalue weighted by atomic mass is 10.1. The van der Waals surface area contributed by atoms with Gasteiger partial charge in [0.15, 0.2) is 11.5 Å². The summed E-state index contributed by atoms with van der Waals surface area (Å²) in [5, 5.41) is 0. The Labute approximate surface area is 163 Å². The van der Waals surface area contributed by atoms with Crippen LogP contribution in [0.2, 0.25) is 0 Å². The minimum absolute atomic E-state index is 0.183. The predicted molar refractivity (Wildman–Crippen MR) is 106 cm³/mol. The molecule has 1 fully saturated rings. The molecule has 2 aromatic carbocycles. The van der Waals surface area contributed by atoms with Crippen LogP contribution in [-0.4, -0.2) is 34.3 Å². The number of aryl methyl sites for hydroxylation is 2. The van der Waals surface area contributed by atoms with Crippen LogP contribution in [-0.2, 0) is 17.6 Å². The number of fused-ring (bicyclic) bond motifs is 1. The monoisotopic (exact) mass is 377 g/mol. The van der Waals surface area contributed by atoms with Crippen molar-refractivity contribution < 1.29 is 14.0 Å². The molecule has 0 aliphatic carbocycles. The van der Waals surface area contributed by atoms with Gasteiger partial charge < -0.3 is 15.1 Å². The SMILES string of the molecule is NC(=O)[C@@H]1CCCN1C(=O)c1ccc2oc(CCCc3ccccc3)nc2c1. The van der Waals surface area contributed by atoms with Crippen molar-refractivity contribution in [2.75, 3.05) is 6.54 Å². The highest BCUT2D eigenvalue weighted by atomic mass is 16.3. The lowest BCUT2D eigenvalue weighted by molar-refractivity contribution is -0.121. The van der Waals surface area contributed by atoms with Gasteiger partial charge in [-0.15, -0.1) is 0 Å². The van der Waals surface area contributed by atoms with Gasteiger partial charge in [0.25, 0.3) is 5.91 Å². The molecule has 6 nitrogen and oxygen atoms in total. The van der Waals surface area contributed by atoms with Crippen molar-refractivity contribution in [3.8, 4) is 0 Å². The average molecular weight is 377 g/mol. The Morgan fingerprint density at radius 2 is 1.96 bits per heavy atom. The second kappa shape index (κ2) is 7.84. The van der Waals surface area contributed by atoms with Gasteiger partial charge in [0.05, 0.1) is 0 Å². The van der Waals surface area contributed by atoms with E-state index in [2.05, 4.69) is 17.1 Å². The second-order valence-corrected chi connectivity index (χ2v) is 7.19. The van der Waals surface area contributed by atoms with Crippen LogP contribution in [0.4, 0.5) is 0 Å². The number of amides is 2. The van der Waals surface area contributed by atoms with Crippen LogP contribution in [0.3, 0.4) is 0 Å². The minimum atomic E-state index is -0.519. The number of likely N-dealkylation sites (tertiary alicyclic amines) is 1. The van der Waals surface area contributed by atoms with E-state index in [1.165, 1.54) is 5.56 Å². The molecular weight excluding hydrogens is 354 g/mol. The van der Waals surface area contributed by atoms with Crippen LogP contribution in [0.15, 0.2) is 52.9 Å². The van der Waals surface area contributed by atoms with Gasteiger partial charge in [-0.05, 0) is 49.4 Å². The average Bonchev–Trinajstić information content (AvgIpc) is 3.34. The number of benzene rings is 2. The third-order valence-corrected chi connectivity index (χ3v) is 5.22. The zero-order valence-electron chi connectivity index (χ0n) is 15.6. The van der Waals surface area contributed by atoms with Crippen molar-refractivity contribution in [1.82, 2.24) is 9.88 Å². The van der Waals surface area contributed by atoms with Crippen LogP contribution in [0.25, 0.3) is 11.1 Å². The molecule has 1 aliphatic rings. The maximum atomic E-state index is 12.8. The molecule has 1 atom stereocenters. The maximum Gasteiger partial charge on any atom is 0.254 e. The zero-order chi connectivity index (χ0) is 19.5. The van der Waals surface area contributed by atoms with E-state index in [0.29, 0.717) is 35.5 Å². The van der Waals surface area contributed by atoms with E-state index < -0.39 is 11.9 Å². The maximum absolute atomic E-state index is 12.8. The van der Waals surface area contributed by atoms with E-state index in [0.717, 1.165) is 25.7 Å². The Morgan fingerprint density at radius 3 is 2.75 bits per heavy atom. The van der Waals surface area contributed by atoms with Crippen LogP contribution < -0.4 is 5.73 Å². The number of oxazole rings is 1. The van der Waals surface area contributed by atoms with Gasteiger partial charge >= 0.3 is 0 Å². The number of carbonyl (C=O) groups is 2. The summed E-state index contributed by atoms with van der Waals surface area (Å²) in [7, 11) is 0. The highest BCUT2D eigenvalue weighted by Gasteiger charge is 2.33. The number of hydrogen-bond donors (Lipinski definition) is 1. The zero-order valence-corrected chi connectivity index (χ0v) is 15.6. The molecule has 2 N–H and O–H groups in total. The summed E-state index contributed by atoms with van der Waals surface area (Å²) in [4.78, 5) is 30.5. The van der Waals surface area contributed by atoms with Gasteiger partial charge in [0, 0.05) is 18.5 Å². The summed E-state index contributed by atoms with van der Waals surface area (Å²) >= 11 is 0. The van der Waals surface area contributed by atoms with Gasteiger partial charge in [-0.2, -0.15) is 0 Å². The van der Waals surface area contributed by atoms with Crippen molar-refractivity contribution in [3.05, 3.63) is 65.5 Å². The normalized spacial score (nSPS) is 16.6. The van der Waals surface area contributed by atoms with Crippen LogP contribution in [0.5, 0.6) is 0 Å². The predicted octanol–water partition coefficient (Wildman–Crippen LogP) is 3.09. The van der Waals surface area contributed by atoms with E-state index in [9.17, 15) is 9.59 Å². The smallest absolute Gasteiger partial charge is 0.254 e.